The molecule has 0 bridgehead atoms. The summed E-state index contributed by atoms with van der Waals surface area (Å²) in [5.41, 5.74) is 1.80. The molecule has 0 N–H and O–H groups in total. The van der Waals surface area contributed by atoms with Gasteiger partial charge in [-0.05, 0) is 41.6 Å². The van der Waals surface area contributed by atoms with Crippen LogP contribution in [0.5, 0.6) is 5.75 Å². The minimum absolute atomic E-state index is 0.211. The molecule has 0 unspecified atom stereocenters. The summed E-state index contributed by atoms with van der Waals surface area (Å²) >= 11 is 1.64. The van der Waals surface area contributed by atoms with Crippen molar-refractivity contribution in [3.8, 4) is 16.9 Å². The molecule has 100 valence electrons. The third-order valence-electron chi connectivity index (χ3n) is 2.51. The first-order chi connectivity index (χ1) is 8.98. The van der Waals surface area contributed by atoms with Crippen LogP contribution >= 0.6 is 11.8 Å². The zero-order valence-electron chi connectivity index (χ0n) is 10.1. The van der Waals surface area contributed by atoms with Gasteiger partial charge in [-0.1, -0.05) is 24.3 Å². The van der Waals surface area contributed by atoms with Crippen molar-refractivity contribution in [1.29, 1.82) is 0 Å². The van der Waals surface area contributed by atoms with Gasteiger partial charge in [-0.25, -0.2) is 0 Å². The van der Waals surface area contributed by atoms with E-state index in [-0.39, 0.29) is 5.75 Å². The van der Waals surface area contributed by atoms with Gasteiger partial charge in [-0.2, -0.15) is 0 Å². The van der Waals surface area contributed by atoms with Crippen molar-refractivity contribution in [2.75, 3.05) is 6.26 Å². The van der Waals surface area contributed by atoms with Crippen LogP contribution in [-0.2, 0) is 0 Å². The summed E-state index contributed by atoms with van der Waals surface area (Å²) in [6.07, 6.45) is -2.67. The fraction of sp³-hybridized carbons (Fsp3) is 0.143. The first-order valence-electron chi connectivity index (χ1n) is 5.48. The molecule has 0 saturated heterocycles. The number of alkyl halides is 3. The molecule has 2 aromatic rings. The van der Waals surface area contributed by atoms with Gasteiger partial charge in [0.2, 0.25) is 0 Å². The zero-order valence-corrected chi connectivity index (χ0v) is 10.9. The van der Waals surface area contributed by atoms with E-state index in [9.17, 15) is 13.2 Å². The van der Waals surface area contributed by atoms with Gasteiger partial charge in [0.1, 0.15) is 5.75 Å². The average Bonchev–Trinajstić information content (AvgIpc) is 2.38. The highest BCUT2D eigenvalue weighted by atomic mass is 32.2. The summed E-state index contributed by atoms with van der Waals surface area (Å²) in [7, 11) is 0. The Kier molecular flexibility index (Phi) is 4.04. The van der Waals surface area contributed by atoms with Gasteiger partial charge in [0, 0.05) is 4.90 Å². The van der Waals surface area contributed by atoms with Crippen molar-refractivity contribution in [1.82, 2.24) is 0 Å². The molecule has 0 aliphatic carbocycles. The van der Waals surface area contributed by atoms with Gasteiger partial charge in [-0.3, -0.25) is 0 Å². The van der Waals surface area contributed by atoms with Gasteiger partial charge in [0.25, 0.3) is 0 Å². The van der Waals surface area contributed by atoms with Gasteiger partial charge in [-0.15, -0.1) is 24.9 Å². The standard InChI is InChI=1S/C14H11F3OS/c1-19-13-8-4-11(5-9-13)10-2-6-12(7-3-10)18-14(15,16)17/h2-9H,1H3. The molecule has 0 heterocycles. The Balaban J connectivity index is 2.17. The van der Waals surface area contributed by atoms with Crippen LogP contribution in [-0.4, -0.2) is 12.6 Å². The largest absolute Gasteiger partial charge is 0.573 e. The van der Waals surface area contributed by atoms with E-state index < -0.39 is 6.36 Å². The first-order valence-corrected chi connectivity index (χ1v) is 6.71. The molecule has 0 fully saturated rings. The molecule has 0 aliphatic rings. The van der Waals surface area contributed by atoms with Crippen LogP contribution in [0.25, 0.3) is 11.1 Å². The monoisotopic (exact) mass is 284 g/mol. The molecule has 19 heavy (non-hydrogen) atoms. The third kappa shape index (κ3) is 3.92. The van der Waals surface area contributed by atoms with Crippen molar-refractivity contribution in [2.45, 2.75) is 11.3 Å². The van der Waals surface area contributed by atoms with Gasteiger partial charge >= 0.3 is 6.36 Å². The van der Waals surface area contributed by atoms with Gasteiger partial charge in [0.05, 0.1) is 0 Å². The van der Waals surface area contributed by atoms with Crippen LogP contribution < -0.4 is 4.74 Å². The van der Waals surface area contributed by atoms with Crippen LogP contribution in [0.3, 0.4) is 0 Å². The molecule has 1 nitrogen and oxygen atoms in total. The van der Waals surface area contributed by atoms with Crippen molar-refractivity contribution < 1.29 is 17.9 Å². The lowest BCUT2D eigenvalue weighted by Gasteiger charge is -2.09. The summed E-state index contributed by atoms with van der Waals surface area (Å²) in [4.78, 5) is 1.14. The second kappa shape index (κ2) is 5.57. The number of benzene rings is 2. The predicted molar refractivity (Wildman–Crippen MR) is 70.3 cm³/mol. The van der Waals surface area contributed by atoms with E-state index in [1.54, 1.807) is 23.9 Å². The molecular formula is C14H11F3OS. The van der Waals surface area contributed by atoms with E-state index in [4.69, 9.17) is 0 Å². The van der Waals surface area contributed by atoms with E-state index in [0.29, 0.717) is 0 Å². The highest BCUT2D eigenvalue weighted by Gasteiger charge is 2.30. The maximum Gasteiger partial charge on any atom is 0.573 e. The summed E-state index contributed by atoms with van der Waals surface area (Å²) in [6, 6.07) is 13.7. The second-order valence-corrected chi connectivity index (χ2v) is 4.68. The number of hydrogen-bond donors (Lipinski definition) is 0. The zero-order chi connectivity index (χ0) is 13.9. The SMILES string of the molecule is CSc1ccc(-c2ccc(OC(F)(F)F)cc2)cc1. The van der Waals surface area contributed by atoms with Crippen LogP contribution in [0.1, 0.15) is 0 Å². The van der Waals surface area contributed by atoms with Crippen LogP contribution in [0.4, 0.5) is 13.2 Å². The summed E-state index contributed by atoms with van der Waals surface area (Å²) in [5.74, 6) is -0.211. The maximum atomic E-state index is 12.0. The van der Waals surface area contributed by atoms with Crippen molar-refractivity contribution >= 4 is 11.8 Å². The quantitative estimate of drug-likeness (QED) is 0.736. The van der Waals surface area contributed by atoms with E-state index in [1.807, 2.05) is 30.5 Å². The van der Waals surface area contributed by atoms with Crippen LogP contribution in [0.15, 0.2) is 53.4 Å². The number of ether oxygens (including phenoxy) is 1. The normalized spacial score (nSPS) is 11.4. The molecule has 0 spiro atoms. The van der Waals surface area contributed by atoms with Crippen LogP contribution in [0, 0.1) is 0 Å². The maximum absolute atomic E-state index is 12.0. The summed E-state index contributed by atoms with van der Waals surface area (Å²) in [6.45, 7) is 0. The third-order valence-corrected chi connectivity index (χ3v) is 3.25. The first kappa shape index (κ1) is 13.8. The lowest BCUT2D eigenvalue weighted by molar-refractivity contribution is -0.274. The minimum Gasteiger partial charge on any atom is -0.406 e. The lowest BCUT2D eigenvalue weighted by atomic mass is 10.1. The van der Waals surface area contributed by atoms with Crippen LogP contribution in [0.2, 0.25) is 0 Å². The molecule has 0 amide bonds. The summed E-state index contributed by atoms with van der Waals surface area (Å²) in [5, 5.41) is 0. The Morgan fingerprint density at radius 1 is 0.842 bits per heavy atom. The van der Waals surface area contributed by atoms with E-state index in [2.05, 4.69) is 4.74 Å². The van der Waals surface area contributed by atoms with Crippen molar-refractivity contribution in [3.63, 3.8) is 0 Å². The van der Waals surface area contributed by atoms with Gasteiger partial charge in [0.15, 0.2) is 0 Å². The molecule has 5 heteroatoms. The molecule has 0 aromatic heterocycles. The lowest BCUT2D eigenvalue weighted by Crippen LogP contribution is -2.16. The highest BCUT2D eigenvalue weighted by molar-refractivity contribution is 7.98. The smallest absolute Gasteiger partial charge is 0.406 e. The molecule has 0 radical (unpaired) electrons. The molecule has 2 rings (SSSR count). The molecule has 0 aliphatic heterocycles. The van der Waals surface area contributed by atoms with Gasteiger partial charge < -0.3 is 4.74 Å². The molecule has 0 saturated carbocycles. The Morgan fingerprint density at radius 3 is 1.74 bits per heavy atom. The van der Waals surface area contributed by atoms with E-state index >= 15 is 0 Å². The molecule has 2 aromatic carbocycles. The summed E-state index contributed by atoms with van der Waals surface area (Å²) < 4.78 is 39.9. The Hall–Kier alpha value is -1.62. The van der Waals surface area contributed by atoms with Crippen molar-refractivity contribution in [3.05, 3.63) is 48.5 Å². The second-order valence-electron chi connectivity index (χ2n) is 3.80. The molecular weight excluding hydrogens is 273 g/mol. The minimum atomic E-state index is -4.65. The number of thioether (sulfide) groups is 1. The Labute approximate surface area is 113 Å². The fourth-order valence-corrected chi connectivity index (χ4v) is 2.04. The number of rotatable bonds is 3. The van der Waals surface area contributed by atoms with E-state index in [0.717, 1.165) is 16.0 Å². The molecule has 0 atom stereocenters. The van der Waals surface area contributed by atoms with E-state index in [1.165, 1.54) is 12.1 Å². The Morgan fingerprint density at radius 2 is 1.32 bits per heavy atom. The average molecular weight is 284 g/mol. The van der Waals surface area contributed by atoms with Crippen molar-refractivity contribution in [2.24, 2.45) is 0 Å². The predicted octanol–water partition coefficient (Wildman–Crippen LogP) is 4.97. The Bertz CT molecular complexity index is 532. The number of halogens is 3. The fourth-order valence-electron chi connectivity index (χ4n) is 1.63. The highest BCUT2D eigenvalue weighted by Crippen LogP contribution is 2.27. The topological polar surface area (TPSA) is 9.23 Å². The number of hydrogen-bond acceptors (Lipinski definition) is 2.